The summed E-state index contributed by atoms with van der Waals surface area (Å²) in [5.41, 5.74) is 3.76. The Morgan fingerprint density at radius 2 is 1.86 bits per heavy atom. The smallest absolute Gasteiger partial charge is 0.242 e. The van der Waals surface area contributed by atoms with E-state index in [1.807, 2.05) is 79.7 Å². The third-order valence-corrected chi connectivity index (χ3v) is 6.90. The van der Waals surface area contributed by atoms with Crippen LogP contribution >= 0.6 is 11.8 Å². The quantitative estimate of drug-likeness (QED) is 0.528. The maximum Gasteiger partial charge on any atom is 0.242 e. The van der Waals surface area contributed by atoms with Gasteiger partial charge in [-0.05, 0) is 47.9 Å². The number of benzene rings is 3. The number of carbonyl (C=O) groups is 2. The maximum atomic E-state index is 13.4. The summed E-state index contributed by atoms with van der Waals surface area (Å²) in [6.45, 7) is 2.95. The molecule has 35 heavy (non-hydrogen) atoms. The van der Waals surface area contributed by atoms with Gasteiger partial charge in [-0.15, -0.1) is 0 Å². The third kappa shape index (κ3) is 5.49. The average molecular weight is 488 g/mol. The van der Waals surface area contributed by atoms with Crippen molar-refractivity contribution in [2.24, 2.45) is 4.99 Å². The predicted molar refractivity (Wildman–Crippen MR) is 136 cm³/mol. The fourth-order valence-electron chi connectivity index (χ4n) is 3.94. The van der Waals surface area contributed by atoms with Crippen molar-refractivity contribution in [1.29, 1.82) is 0 Å². The van der Waals surface area contributed by atoms with E-state index in [-0.39, 0.29) is 25.0 Å². The lowest BCUT2D eigenvalue weighted by atomic mass is 10.1. The standard InChI is InChI=1S/C27H25N3O4S/c1-18-6-5-9-21(12-18)29-27-30(16-20-10-11-22-23(13-20)34-17-33-22)26(32)24(35-27)14-25(31)28-15-19-7-3-2-4-8-19/h2-13,24H,14-17H2,1H3,(H,28,31). The molecule has 7 nitrogen and oxygen atoms in total. The second kappa shape index (κ2) is 10.2. The second-order valence-corrected chi connectivity index (χ2v) is 9.59. The molecule has 1 fully saturated rings. The van der Waals surface area contributed by atoms with Crippen molar-refractivity contribution < 1.29 is 19.1 Å². The van der Waals surface area contributed by atoms with Gasteiger partial charge < -0.3 is 14.8 Å². The molecule has 3 aromatic carbocycles. The molecule has 2 heterocycles. The molecule has 1 unspecified atom stereocenters. The van der Waals surface area contributed by atoms with Gasteiger partial charge in [-0.25, -0.2) is 4.99 Å². The molecule has 1 atom stereocenters. The molecule has 0 spiro atoms. The van der Waals surface area contributed by atoms with Crippen molar-refractivity contribution in [3.05, 3.63) is 89.5 Å². The first-order valence-electron chi connectivity index (χ1n) is 11.4. The Morgan fingerprint density at radius 1 is 1.03 bits per heavy atom. The number of rotatable bonds is 7. The zero-order valence-electron chi connectivity index (χ0n) is 19.3. The second-order valence-electron chi connectivity index (χ2n) is 8.42. The van der Waals surface area contributed by atoms with Gasteiger partial charge in [-0.2, -0.15) is 0 Å². The molecule has 8 heteroatoms. The summed E-state index contributed by atoms with van der Waals surface area (Å²) in [6, 6.07) is 23.2. The molecular weight excluding hydrogens is 462 g/mol. The summed E-state index contributed by atoms with van der Waals surface area (Å²) < 4.78 is 10.9. The number of carbonyl (C=O) groups excluding carboxylic acids is 2. The summed E-state index contributed by atoms with van der Waals surface area (Å²) in [6.07, 6.45) is 0.0841. The van der Waals surface area contributed by atoms with Crippen molar-refractivity contribution in [1.82, 2.24) is 10.2 Å². The molecule has 1 saturated heterocycles. The summed E-state index contributed by atoms with van der Waals surface area (Å²) in [5.74, 6) is 1.06. The molecule has 2 aliphatic rings. The van der Waals surface area contributed by atoms with Crippen molar-refractivity contribution in [2.75, 3.05) is 6.79 Å². The number of ether oxygens (including phenoxy) is 2. The minimum atomic E-state index is -0.539. The van der Waals surface area contributed by atoms with Crippen molar-refractivity contribution in [2.45, 2.75) is 31.7 Å². The van der Waals surface area contributed by atoms with Crippen molar-refractivity contribution in [3.8, 4) is 11.5 Å². The van der Waals surface area contributed by atoms with Crippen LogP contribution in [-0.4, -0.2) is 33.9 Å². The molecule has 5 rings (SSSR count). The highest BCUT2D eigenvalue weighted by Crippen LogP contribution is 2.36. The van der Waals surface area contributed by atoms with Crippen LogP contribution < -0.4 is 14.8 Å². The largest absolute Gasteiger partial charge is 0.454 e. The molecule has 178 valence electrons. The number of aliphatic imine (C=N–C) groups is 1. The summed E-state index contributed by atoms with van der Waals surface area (Å²) >= 11 is 1.33. The molecule has 3 aromatic rings. The van der Waals surface area contributed by atoms with Gasteiger partial charge in [0, 0.05) is 13.0 Å². The van der Waals surface area contributed by atoms with Gasteiger partial charge >= 0.3 is 0 Å². The van der Waals surface area contributed by atoms with E-state index in [1.54, 1.807) is 4.90 Å². The molecule has 2 amide bonds. The number of hydrogen-bond donors (Lipinski definition) is 1. The van der Waals surface area contributed by atoms with Gasteiger partial charge in [0.1, 0.15) is 5.25 Å². The Morgan fingerprint density at radius 3 is 2.69 bits per heavy atom. The summed E-state index contributed by atoms with van der Waals surface area (Å²) in [4.78, 5) is 32.5. The zero-order chi connectivity index (χ0) is 24.2. The van der Waals surface area contributed by atoms with E-state index in [9.17, 15) is 9.59 Å². The van der Waals surface area contributed by atoms with Crippen LogP contribution in [0.5, 0.6) is 11.5 Å². The average Bonchev–Trinajstić information content (AvgIpc) is 3.43. The summed E-state index contributed by atoms with van der Waals surface area (Å²) in [7, 11) is 0. The number of aryl methyl sites for hydroxylation is 1. The van der Waals surface area contributed by atoms with Crippen molar-refractivity contribution in [3.63, 3.8) is 0 Å². The zero-order valence-corrected chi connectivity index (χ0v) is 20.1. The van der Waals surface area contributed by atoms with E-state index in [2.05, 4.69) is 5.32 Å². The Kier molecular flexibility index (Phi) is 6.72. The monoisotopic (exact) mass is 487 g/mol. The van der Waals surface area contributed by atoms with Crippen LogP contribution in [0.25, 0.3) is 0 Å². The highest BCUT2D eigenvalue weighted by molar-refractivity contribution is 8.15. The molecule has 1 N–H and O–H groups in total. The Bertz CT molecular complexity index is 1280. The van der Waals surface area contributed by atoms with Gasteiger partial charge in [0.15, 0.2) is 16.7 Å². The van der Waals surface area contributed by atoms with Gasteiger partial charge in [0.25, 0.3) is 0 Å². The Balaban J connectivity index is 1.34. The van der Waals surface area contributed by atoms with E-state index in [4.69, 9.17) is 14.5 Å². The molecule has 0 bridgehead atoms. The van der Waals surface area contributed by atoms with Crippen LogP contribution in [0, 0.1) is 6.92 Å². The molecule has 0 saturated carbocycles. The van der Waals surface area contributed by atoms with Gasteiger partial charge in [0.05, 0.1) is 12.2 Å². The number of fused-ring (bicyclic) bond motifs is 1. The van der Waals surface area contributed by atoms with Crippen molar-refractivity contribution >= 4 is 34.4 Å². The first-order valence-corrected chi connectivity index (χ1v) is 12.3. The molecule has 0 radical (unpaired) electrons. The van der Waals surface area contributed by atoms with Crippen LogP contribution in [0.1, 0.15) is 23.1 Å². The van der Waals surface area contributed by atoms with Crippen LogP contribution in [0.15, 0.2) is 77.8 Å². The number of amides is 2. The SMILES string of the molecule is Cc1cccc(N=C2SC(CC(=O)NCc3ccccc3)C(=O)N2Cc2ccc3c(c2)OCO3)c1. The topological polar surface area (TPSA) is 80.2 Å². The van der Waals surface area contributed by atoms with Gasteiger partial charge in [0.2, 0.25) is 18.6 Å². The van der Waals surface area contributed by atoms with E-state index in [0.29, 0.717) is 29.8 Å². The number of nitrogens with zero attached hydrogens (tertiary/aromatic N) is 2. The molecule has 0 aliphatic carbocycles. The number of hydrogen-bond acceptors (Lipinski definition) is 6. The Labute approximate surface area is 208 Å². The van der Waals surface area contributed by atoms with Crippen LogP contribution in [0.3, 0.4) is 0 Å². The lowest BCUT2D eigenvalue weighted by molar-refractivity contribution is -0.129. The number of nitrogens with one attached hydrogen (secondary N) is 1. The van der Waals surface area contributed by atoms with E-state index < -0.39 is 5.25 Å². The molecule has 2 aliphatic heterocycles. The Hall–Kier alpha value is -3.78. The van der Waals surface area contributed by atoms with E-state index >= 15 is 0 Å². The summed E-state index contributed by atoms with van der Waals surface area (Å²) in [5, 5.41) is 2.96. The maximum absolute atomic E-state index is 13.4. The van der Waals surface area contributed by atoms with Crippen LogP contribution in [0.4, 0.5) is 5.69 Å². The van der Waals surface area contributed by atoms with Gasteiger partial charge in [-0.1, -0.05) is 60.3 Å². The lowest BCUT2D eigenvalue weighted by Crippen LogP contribution is -2.34. The minimum absolute atomic E-state index is 0.0841. The van der Waals surface area contributed by atoms with Gasteiger partial charge in [-0.3, -0.25) is 14.5 Å². The molecule has 0 aromatic heterocycles. The highest BCUT2D eigenvalue weighted by Gasteiger charge is 2.39. The molecular formula is C27H25N3O4S. The fourth-order valence-corrected chi connectivity index (χ4v) is 5.09. The van der Waals surface area contributed by atoms with E-state index in [1.165, 1.54) is 11.8 Å². The predicted octanol–water partition coefficient (Wildman–Crippen LogP) is 4.56. The third-order valence-electron chi connectivity index (χ3n) is 5.73. The van der Waals surface area contributed by atoms with Crippen LogP contribution in [0.2, 0.25) is 0 Å². The fraction of sp³-hybridized carbons (Fsp3) is 0.222. The normalized spacial score (nSPS) is 17.7. The number of amidine groups is 1. The highest BCUT2D eigenvalue weighted by atomic mass is 32.2. The van der Waals surface area contributed by atoms with E-state index in [0.717, 1.165) is 22.4 Å². The lowest BCUT2D eigenvalue weighted by Gasteiger charge is -2.17. The first-order chi connectivity index (χ1) is 17.0. The van der Waals surface area contributed by atoms with Crippen LogP contribution in [-0.2, 0) is 22.7 Å². The minimum Gasteiger partial charge on any atom is -0.454 e. The first kappa shape index (κ1) is 23.0. The number of thioether (sulfide) groups is 1.